The molecule has 2 aliphatic carbocycles. The first-order valence-corrected chi connectivity index (χ1v) is 14.5. The van der Waals surface area contributed by atoms with E-state index in [-0.39, 0.29) is 35.9 Å². The molecule has 2 aromatic heterocycles. The van der Waals surface area contributed by atoms with Crippen molar-refractivity contribution in [2.45, 2.75) is 32.3 Å². The highest BCUT2D eigenvalue weighted by molar-refractivity contribution is 7.90. The number of pyridine rings is 2. The van der Waals surface area contributed by atoms with E-state index >= 15 is 0 Å². The summed E-state index contributed by atoms with van der Waals surface area (Å²) in [6, 6.07) is 8.60. The first kappa shape index (κ1) is 26.1. The van der Waals surface area contributed by atoms with E-state index in [1.165, 1.54) is 12.3 Å². The molecule has 8 nitrogen and oxygen atoms in total. The van der Waals surface area contributed by atoms with Gasteiger partial charge in [0.1, 0.15) is 29.3 Å². The highest BCUT2D eigenvalue weighted by Gasteiger charge is 2.59. The lowest BCUT2D eigenvalue weighted by atomic mass is 10.0. The summed E-state index contributed by atoms with van der Waals surface area (Å²) in [5, 5.41) is 9.29. The number of fused-ring (bicyclic) bond motifs is 3. The summed E-state index contributed by atoms with van der Waals surface area (Å²) in [7, 11) is -1.15. The summed E-state index contributed by atoms with van der Waals surface area (Å²) >= 11 is 0. The van der Waals surface area contributed by atoms with Crippen LogP contribution in [0.15, 0.2) is 42.7 Å². The normalized spacial score (nSPS) is 19.5. The van der Waals surface area contributed by atoms with Gasteiger partial charge in [0.05, 0.1) is 18.3 Å². The molecule has 5 rings (SSSR count). The molecule has 3 atom stereocenters. The number of sulfone groups is 1. The molecule has 0 unspecified atom stereocenters. The van der Waals surface area contributed by atoms with Crippen LogP contribution < -0.4 is 14.0 Å². The zero-order chi connectivity index (χ0) is 27.2. The fourth-order valence-electron chi connectivity index (χ4n) is 5.54. The Bertz CT molecular complexity index is 1500. The van der Waals surface area contributed by atoms with E-state index in [1.807, 2.05) is 36.9 Å². The summed E-state index contributed by atoms with van der Waals surface area (Å²) in [4.78, 5) is 15.6. The fourth-order valence-corrected chi connectivity index (χ4v) is 6.18. The Kier molecular flexibility index (Phi) is 6.85. The third-order valence-corrected chi connectivity index (χ3v) is 8.33. The quantitative estimate of drug-likeness (QED) is 0.310. The van der Waals surface area contributed by atoms with Crippen LogP contribution in [0.4, 0.5) is 4.39 Å². The van der Waals surface area contributed by atoms with Gasteiger partial charge in [-0.2, -0.15) is 4.57 Å². The molecule has 0 spiro atoms. The number of halogens is 1. The van der Waals surface area contributed by atoms with Crippen molar-refractivity contribution in [3.8, 4) is 22.9 Å². The summed E-state index contributed by atoms with van der Waals surface area (Å²) in [6.07, 6.45) is 5.83. The van der Waals surface area contributed by atoms with Crippen molar-refractivity contribution < 1.29 is 36.8 Å². The number of hydrogen-bond donors (Lipinski definition) is 1. The number of aromatic nitrogens is 2. The van der Waals surface area contributed by atoms with Crippen molar-refractivity contribution in [1.82, 2.24) is 4.98 Å². The second-order valence-corrected chi connectivity index (χ2v) is 12.5. The SMILES string of the molecule is Cc1cc(OCCCS(C)(=O)=O)c[n+](C)c1-c1ccc(F)c(COc2cc3c(cn2)[C@H]2[C@@H](C3)[C@@H]2C(=O)O)c1. The number of carbonyl (C=O) groups is 1. The molecule has 0 radical (unpaired) electrons. The van der Waals surface area contributed by atoms with Gasteiger partial charge < -0.3 is 14.6 Å². The van der Waals surface area contributed by atoms with Crippen LogP contribution in [-0.2, 0) is 34.7 Å². The Morgan fingerprint density at radius 1 is 1.24 bits per heavy atom. The fraction of sp³-hybridized carbons (Fsp3) is 0.393. The van der Waals surface area contributed by atoms with Gasteiger partial charge in [-0.3, -0.25) is 4.79 Å². The van der Waals surface area contributed by atoms with Gasteiger partial charge >= 0.3 is 5.97 Å². The number of nitrogens with zero attached hydrogens (tertiary/aromatic N) is 2. The average molecular weight is 542 g/mol. The predicted octanol–water partition coefficient (Wildman–Crippen LogP) is 3.38. The Morgan fingerprint density at radius 2 is 2.03 bits per heavy atom. The number of rotatable bonds is 10. The molecule has 38 heavy (non-hydrogen) atoms. The molecule has 2 aliphatic rings. The molecule has 0 saturated heterocycles. The van der Waals surface area contributed by atoms with Crippen LogP contribution in [0.3, 0.4) is 0 Å². The number of hydrogen-bond acceptors (Lipinski definition) is 6. The lowest BCUT2D eigenvalue weighted by molar-refractivity contribution is -0.661. The smallest absolute Gasteiger partial charge is 0.307 e. The Hall–Kier alpha value is -3.53. The molecule has 1 saturated carbocycles. The number of aliphatic carboxylic acids is 1. The Morgan fingerprint density at radius 3 is 2.74 bits per heavy atom. The number of ether oxygens (including phenoxy) is 2. The van der Waals surface area contributed by atoms with Crippen LogP contribution in [0.25, 0.3) is 11.3 Å². The molecular formula is C28H30FN2O6S+. The van der Waals surface area contributed by atoms with E-state index in [4.69, 9.17) is 9.47 Å². The monoisotopic (exact) mass is 541 g/mol. The number of benzene rings is 1. The maximum absolute atomic E-state index is 14.7. The minimum atomic E-state index is -3.03. The van der Waals surface area contributed by atoms with Gasteiger partial charge in [-0.25, -0.2) is 17.8 Å². The Balaban J connectivity index is 1.27. The zero-order valence-corrected chi connectivity index (χ0v) is 22.3. The van der Waals surface area contributed by atoms with Crippen LogP contribution in [0.5, 0.6) is 11.6 Å². The van der Waals surface area contributed by atoms with E-state index in [0.29, 0.717) is 36.6 Å². The first-order valence-electron chi connectivity index (χ1n) is 12.5. The van der Waals surface area contributed by atoms with Crippen molar-refractivity contribution in [3.05, 3.63) is 70.8 Å². The third kappa shape index (κ3) is 5.36. The minimum Gasteiger partial charge on any atom is -0.487 e. The molecular weight excluding hydrogens is 511 g/mol. The molecule has 0 bridgehead atoms. The minimum absolute atomic E-state index is 0.000358. The molecule has 3 aromatic rings. The highest BCUT2D eigenvalue weighted by Crippen LogP contribution is 2.61. The molecule has 1 N–H and O–H groups in total. The van der Waals surface area contributed by atoms with Crippen molar-refractivity contribution in [2.24, 2.45) is 18.9 Å². The largest absolute Gasteiger partial charge is 0.487 e. The zero-order valence-electron chi connectivity index (χ0n) is 21.5. The van der Waals surface area contributed by atoms with Crippen LogP contribution in [-0.4, -0.2) is 43.1 Å². The molecule has 0 aliphatic heterocycles. The number of aryl methyl sites for hydroxylation is 2. The standard InChI is InChI=1S/C28H29FN2O6S/c1-16-9-20(36-7-4-8-38(3,34)35)14-31(2)27(16)17-5-6-23(29)19(10-17)15-37-24-12-18-11-21-25(22(18)13-30-24)26(21)28(32)33/h5-6,9-10,12-14,21,25-26H,4,7-8,11,15H2,1-3H3/p+1/t21-,25-,26+/m1/s1. The second-order valence-electron chi connectivity index (χ2n) is 10.2. The average Bonchev–Trinajstić information content (AvgIpc) is 3.43. The van der Waals surface area contributed by atoms with Gasteiger partial charge in [0.2, 0.25) is 17.8 Å². The molecule has 0 amide bonds. The summed E-state index contributed by atoms with van der Waals surface area (Å²) in [5.74, 6) is -0.164. The topological polar surface area (TPSA) is 107 Å². The molecule has 1 aromatic carbocycles. The van der Waals surface area contributed by atoms with Gasteiger partial charge in [0, 0.05) is 41.1 Å². The predicted molar refractivity (Wildman–Crippen MR) is 137 cm³/mol. The summed E-state index contributed by atoms with van der Waals surface area (Å²) < 4.78 is 50.8. The van der Waals surface area contributed by atoms with Crippen molar-refractivity contribution in [3.63, 3.8) is 0 Å². The van der Waals surface area contributed by atoms with E-state index in [2.05, 4.69) is 4.98 Å². The number of carboxylic acids is 1. The Labute approximate surface area is 221 Å². The first-order chi connectivity index (χ1) is 18.0. The number of carboxylic acid groups (broad SMARTS) is 1. The summed E-state index contributed by atoms with van der Waals surface area (Å²) in [5.41, 5.74) is 5.05. The molecule has 2 heterocycles. The van der Waals surface area contributed by atoms with Gasteiger partial charge in [0.25, 0.3) is 0 Å². The van der Waals surface area contributed by atoms with E-state index < -0.39 is 15.8 Å². The van der Waals surface area contributed by atoms with Crippen molar-refractivity contribution >= 4 is 15.8 Å². The lowest BCUT2D eigenvalue weighted by Crippen LogP contribution is -2.32. The molecule has 10 heteroatoms. The van der Waals surface area contributed by atoms with Gasteiger partial charge in [-0.1, -0.05) is 0 Å². The maximum Gasteiger partial charge on any atom is 0.307 e. The van der Waals surface area contributed by atoms with E-state index in [9.17, 15) is 22.7 Å². The van der Waals surface area contributed by atoms with Gasteiger partial charge in [0.15, 0.2) is 5.75 Å². The lowest BCUT2D eigenvalue weighted by Gasteiger charge is -2.12. The molecule has 200 valence electrons. The summed E-state index contributed by atoms with van der Waals surface area (Å²) in [6.45, 7) is 2.23. The van der Waals surface area contributed by atoms with Crippen LogP contribution in [0, 0.1) is 24.6 Å². The van der Waals surface area contributed by atoms with Gasteiger partial charge in [-0.15, -0.1) is 0 Å². The van der Waals surface area contributed by atoms with Gasteiger partial charge in [-0.05, 0) is 61.1 Å². The third-order valence-electron chi connectivity index (χ3n) is 7.30. The van der Waals surface area contributed by atoms with Crippen LogP contribution in [0.1, 0.15) is 34.6 Å². The molecule has 1 fully saturated rings. The van der Waals surface area contributed by atoms with E-state index in [1.54, 1.807) is 18.3 Å². The van der Waals surface area contributed by atoms with Crippen molar-refractivity contribution in [2.75, 3.05) is 18.6 Å². The second kappa shape index (κ2) is 9.98. The maximum atomic E-state index is 14.7. The van der Waals surface area contributed by atoms with Crippen LogP contribution in [0.2, 0.25) is 0 Å². The van der Waals surface area contributed by atoms with E-state index in [0.717, 1.165) is 27.9 Å². The highest BCUT2D eigenvalue weighted by atomic mass is 32.2. The van der Waals surface area contributed by atoms with Crippen molar-refractivity contribution in [1.29, 1.82) is 0 Å². The van der Waals surface area contributed by atoms with Crippen LogP contribution >= 0.6 is 0 Å².